The van der Waals surface area contributed by atoms with Gasteiger partial charge in [0.15, 0.2) is 0 Å². The molecule has 2 aliphatic rings. The van der Waals surface area contributed by atoms with E-state index >= 15 is 0 Å². The second kappa shape index (κ2) is 8.17. The van der Waals surface area contributed by atoms with Gasteiger partial charge in [-0.3, -0.25) is 10.1 Å². The Morgan fingerprint density at radius 3 is 2.10 bits per heavy atom. The van der Waals surface area contributed by atoms with Crippen molar-refractivity contribution in [1.29, 1.82) is 0 Å². The highest BCUT2D eigenvalue weighted by atomic mass is 16.5. The summed E-state index contributed by atoms with van der Waals surface area (Å²) in [5, 5.41) is 3.75. The molecule has 2 saturated carbocycles. The highest BCUT2D eigenvalue weighted by Crippen LogP contribution is 2.35. The van der Waals surface area contributed by atoms with E-state index in [2.05, 4.69) is 12.2 Å². The number of hydrogen-bond donors (Lipinski definition) is 1. The zero-order valence-corrected chi connectivity index (χ0v) is 14.0. The molecular weight excluding hydrogens is 262 g/mol. The largest absolute Gasteiger partial charge is 0.465 e. The second-order valence-corrected chi connectivity index (χ2v) is 7.09. The third kappa shape index (κ3) is 4.45. The lowest BCUT2D eigenvalue weighted by Gasteiger charge is -2.41. The molecule has 1 atom stereocenters. The summed E-state index contributed by atoms with van der Waals surface area (Å²) in [6.45, 7) is 4.49. The van der Waals surface area contributed by atoms with Crippen molar-refractivity contribution in [2.45, 2.75) is 96.1 Å². The molecule has 0 heterocycles. The first-order valence-corrected chi connectivity index (χ1v) is 9.11. The van der Waals surface area contributed by atoms with Gasteiger partial charge >= 0.3 is 5.97 Å². The highest BCUT2D eigenvalue weighted by molar-refractivity contribution is 5.81. The van der Waals surface area contributed by atoms with E-state index in [0.29, 0.717) is 18.6 Å². The molecule has 1 N–H and O–H groups in total. The summed E-state index contributed by atoms with van der Waals surface area (Å²) in [6, 6.07) is 0.490. The average molecular weight is 295 g/mol. The SMILES string of the molecule is CCOC(=O)C(C)(NC1CCCCCC1)C1CCCCC1. The van der Waals surface area contributed by atoms with E-state index in [4.69, 9.17) is 4.74 Å². The van der Waals surface area contributed by atoms with E-state index in [1.807, 2.05) is 6.92 Å². The molecule has 0 bridgehead atoms. The fourth-order valence-electron chi connectivity index (χ4n) is 4.15. The molecule has 3 nitrogen and oxygen atoms in total. The third-order valence-electron chi connectivity index (χ3n) is 5.48. The van der Waals surface area contributed by atoms with Gasteiger partial charge < -0.3 is 4.74 Å². The van der Waals surface area contributed by atoms with Crippen LogP contribution in [0.5, 0.6) is 0 Å². The monoisotopic (exact) mass is 295 g/mol. The van der Waals surface area contributed by atoms with Crippen LogP contribution in [0.4, 0.5) is 0 Å². The van der Waals surface area contributed by atoms with Gasteiger partial charge in [0.2, 0.25) is 0 Å². The predicted octanol–water partition coefficient (Wildman–Crippen LogP) is 4.20. The van der Waals surface area contributed by atoms with Crippen molar-refractivity contribution in [3.8, 4) is 0 Å². The number of rotatable bonds is 5. The van der Waals surface area contributed by atoms with Crippen molar-refractivity contribution in [1.82, 2.24) is 5.32 Å². The summed E-state index contributed by atoms with van der Waals surface area (Å²) < 4.78 is 5.43. The number of carbonyl (C=O) groups excluding carboxylic acids is 1. The minimum absolute atomic E-state index is 0.0267. The van der Waals surface area contributed by atoms with Crippen LogP contribution in [0.2, 0.25) is 0 Å². The Labute approximate surface area is 130 Å². The molecule has 2 rings (SSSR count). The van der Waals surface area contributed by atoms with Gasteiger partial charge in [-0.25, -0.2) is 0 Å². The lowest BCUT2D eigenvalue weighted by Crippen LogP contribution is -2.59. The minimum Gasteiger partial charge on any atom is -0.465 e. The van der Waals surface area contributed by atoms with Crippen molar-refractivity contribution < 1.29 is 9.53 Å². The molecule has 0 aromatic carbocycles. The van der Waals surface area contributed by atoms with Crippen molar-refractivity contribution in [2.75, 3.05) is 6.61 Å². The number of nitrogens with one attached hydrogen (secondary N) is 1. The molecule has 0 spiro atoms. The maximum Gasteiger partial charge on any atom is 0.326 e. The first kappa shape index (κ1) is 16.8. The van der Waals surface area contributed by atoms with Crippen LogP contribution in [0, 0.1) is 5.92 Å². The molecule has 0 radical (unpaired) electrons. The van der Waals surface area contributed by atoms with E-state index in [0.717, 1.165) is 12.8 Å². The summed E-state index contributed by atoms with van der Waals surface area (Å²) in [5.74, 6) is 0.412. The molecule has 3 heteroatoms. The Morgan fingerprint density at radius 2 is 1.52 bits per heavy atom. The van der Waals surface area contributed by atoms with Crippen LogP contribution in [0.1, 0.15) is 84.5 Å². The quantitative estimate of drug-likeness (QED) is 0.610. The molecule has 21 heavy (non-hydrogen) atoms. The Kier molecular flexibility index (Phi) is 6.53. The van der Waals surface area contributed by atoms with Gasteiger partial charge in [0.1, 0.15) is 5.54 Å². The van der Waals surface area contributed by atoms with Gasteiger partial charge in [-0.2, -0.15) is 0 Å². The number of hydrogen-bond acceptors (Lipinski definition) is 3. The summed E-state index contributed by atoms with van der Waals surface area (Å²) in [6.07, 6.45) is 13.8. The van der Waals surface area contributed by atoms with Crippen molar-refractivity contribution >= 4 is 5.97 Å². The number of esters is 1. The van der Waals surface area contributed by atoms with Crippen LogP contribution in [0.15, 0.2) is 0 Å². The molecule has 0 aliphatic heterocycles. The van der Waals surface area contributed by atoms with Gasteiger partial charge in [-0.15, -0.1) is 0 Å². The molecular formula is C18H33NO2. The number of ether oxygens (including phenoxy) is 1. The van der Waals surface area contributed by atoms with Gasteiger partial charge in [-0.05, 0) is 45.4 Å². The first-order valence-electron chi connectivity index (χ1n) is 9.11. The Hall–Kier alpha value is -0.570. The first-order chi connectivity index (χ1) is 10.2. The van der Waals surface area contributed by atoms with Gasteiger partial charge in [-0.1, -0.05) is 44.9 Å². The molecule has 0 saturated heterocycles. The summed E-state index contributed by atoms with van der Waals surface area (Å²) in [7, 11) is 0. The molecule has 2 fully saturated rings. The number of carbonyl (C=O) groups is 1. The Morgan fingerprint density at radius 1 is 1.00 bits per heavy atom. The average Bonchev–Trinajstić information content (AvgIpc) is 2.77. The molecule has 0 aromatic heterocycles. The summed E-state index contributed by atoms with van der Waals surface area (Å²) >= 11 is 0. The van der Waals surface area contributed by atoms with Gasteiger partial charge in [0.05, 0.1) is 6.61 Å². The Bertz CT molecular complexity index is 317. The van der Waals surface area contributed by atoms with Crippen LogP contribution < -0.4 is 5.32 Å². The summed E-state index contributed by atoms with van der Waals surface area (Å²) in [5.41, 5.74) is -0.481. The minimum atomic E-state index is -0.481. The van der Waals surface area contributed by atoms with E-state index in [-0.39, 0.29) is 5.97 Å². The lowest BCUT2D eigenvalue weighted by molar-refractivity contribution is -0.154. The van der Waals surface area contributed by atoms with Crippen LogP contribution in [-0.2, 0) is 9.53 Å². The lowest BCUT2D eigenvalue weighted by atomic mass is 9.75. The van der Waals surface area contributed by atoms with Crippen LogP contribution in [0.25, 0.3) is 0 Å². The standard InChI is InChI=1S/C18H33NO2/c1-3-21-17(20)18(2,15-11-7-6-8-12-15)19-16-13-9-4-5-10-14-16/h15-16,19H,3-14H2,1-2H3. The normalized spacial score (nSPS) is 25.0. The summed E-state index contributed by atoms with van der Waals surface area (Å²) in [4.78, 5) is 12.6. The van der Waals surface area contributed by atoms with Crippen LogP contribution in [-0.4, -0.2) is 24.2 Å². The topological polar surface area (TPSA) is 38.3 Å². The molecule has 1 unspecified atom stereocenters. The van der Waals surface area contributed by atoms with Gasteiger partial charge in [0, 0.05) is 6.04 Å². The maximum absolute atomic E-state index is 12.6. The van der Waals surface area contributed by atoms with Crippen molar-refractivity contribution in [3.05, 3.63) is 0 Å². The van der Waals surface area contributed by atoms with Crippen molar-refractivity contribution in [2.24, 2.45) is 5.92 Å². The third-order valence-corrected chi connectivity index (χ3v) is 5.48. The van der Waals surface area contributed by atoms with Crippen LogP contribution >= 0.6 is 0 Å². The van der Waals surface area contributed by atoms with E-state index in [1.54, 1.807) is 0 Å². The fraction of sp³-hybridized carbons (Fsp3) is 0.944. The highest BCUT2D eigenvalue weighted by Gasteiger charge is 2.44. The molecule has 122 valence electrons. The maximum atomic E-state index is 12.6. The van der Waals surface area contributed by atoms with E-state index < -0.39 is 5.54 Å². The molecule has 2 aliphatic carbocycles. The van der Waals surface area contributed by atoms with E-state index in [9.17, 15) is 4.79 Å². The van der Waals surface area contributed by atoms with Gasteiger partial charge in [0.25, 0.3) is 0 Å². The van der Waals surface area contributed by atoms with Crippen LogP contribution in [0.3, 0.4) is 0 Å². The Balaban J connectivity index is 2.07. The fourth-order valence-corrected chi connectivity index (χ4v) is 4.15. The van der Waals surface area contributed by atoms with Crippen molar-refractivity contribution in [3.63, 3.8) is 0 Å². The smallest absolute Gasteiger partial charge is 0.326 e. The molecule has 0 aromatic rings. The second-order valence-electron chi connectivity index (χ2n) is 7.09. The predicted molar refractivity (Wildman–Crippen MR) is 86.2 cm³/mol. The van der Waals surface area contributed by atoms with E-state index in [1.165, 1.54) is 57.8 Å². The molecule has 0 amide bonds. The zero-order valence-electron chi connectivity index (χ0n) is 14.0. The zero-order chi connectivity index (χ0) is 15.1.